The Morgan fingerprint density at radius 3 is 2.91 bits per heavy atom. The normalized spacial score (nSPS) is 21.5. The van der Waals surface area contributed by atoms with E-state index in [9.17, 15) is 22.4 Å². The Kier molecular flexibility index (Phi) is 7.04. The number of hydrogen-bond acceptors (Lipinski definition) is 5. The molecule has 3 atom stereocenters. The van der Waals surface area contributed by atoms with Gasteiger partial charge in [-0.15, -0.1) is 0 Å². The smallest absolute Gasteiger partial charge is 0.343 e. The van der Waals surface area contributed by atoms with Gasteiger partial charge < -0.3 is 15.5 Å². The van der Waals surface area contributed by atoms with Crippen molar-refractivity contribution in [2.75, 3.05) is 25.0 Å². The van der Waals surface area contributed by atoms with Gasteiger partial charge in [-0.05, 0) is 36.6 Å². The maximum atomic E-state index is 13.9. The molecule has 1 aromatic heterocycles. The molecule has 2 aromatic rings. The van der Waals surface area contributed by atoms with Gasteiger partial charge in [0.25, 0.3) is 0 Å². The number of benzene rings is 1. The fourth-order valence-electron chi connectivity index (χ4n) is 4.02. The lowest BCUT2D eigenvalue weighted by atomic mass is 9.90. The van der Waals surface area contributed by atoms with Gasteiger partial charge in [0.05, 0.1) is 17.3 Å². The average molecular weight is 499 g/mol. The van der Waals surface area contributed by atoms with Crippen molar-refractivity contribution in [1.82, 2.24) is 20.2 Å². The SMILES string of the molecule is C[C@@H](Nc1ncc2c(n1)CN(C(=O)N=CC1CNC[C@H]1c1ccc(Cl)c(F)c1)CC2)C(F)(F)F. The van der Waals surface area contributed by atoms with Crippen LogP contribution in [0.25, 0.3) is 0 Å². The van der Waals surface area contributed by atoms with Crippen LogP contribution in [-0.2, 0) is 13.0 Å². The van der Waals surface area contributed by atoms with E-state index in [1.807, 2.05) is 0 Å². The number of nitrogens with one attached hydrogen (secondary N) is 2. The number of anilines is 1. The van der Waals surface area contributed by atoms with E-state index in [0.29, 0.717) is 31.7 Å². The molecule has 2 aliphatic rings. The van der Waals surface area contributed by atoms with E-state index < -0.39 is 24.1 Å². The summed E-state index contributed by atoms with van der Waals surface area (Å²) in [5, 5.41) is 5.52. The molecule has 3 heterocycles. The zero-order valence-corrected chi connectivity index (χ0v) is 19.0. The van der Waals surface area contributed by atoms with Crippen molar-refractivity contribution < 1.29 is 22.4 Å². The number of hydrogen-bond donors (Lipinski definition) is 2. The minimum Gasteiger partial charge on any atom is -0.343 e. The number of rotatable bonds is 4. The molecule has 34 heavy (non-hydrogen) atoms. The van der Waals surface area contributed by atoms with Crippen LogP contribution in [-0.4, -0.2) is 59.0 Å². The number of aromatic nitrogens is 2. The molecule has 0 saturated carbocycles. The van der Waals surface area contributed by atoms with Gasteiger partial charge in [-0.2, -0.15) is 13.2 Å². The van der Waals surface area contributed by atoms with Crippen molar-refractivity contribution in [3.63, 3.8) is 0 Å². The number of halogens is 5. The van der Waals surface area contributed by atoms with Crippen molar-refractivity contribution >= 4 is 29.8 Å². The van der Waals surface area contributed by atoms with Gasteiger partial charge in [-0.1, -0.05) is 17.7 Å². The number of nitrogens with zero attached hydrogens (tertiary/aromatic N) is 4. The molecular formula is C22H23ClF4N6O. The summed E-state index contributed by atoms with van der Waals surface area (Å²) in [6, 6.07) is 2.40. The summed E-state index contributed by atoms with van der Waals surface area (Å²) in [5.74, 6) is -0.798. The Hall–Kier alpha value is -2.79. The maximum absolute atomic E-state index is 13.9. The van der Waals surface area contributed by atoms with E-state index in [0.717, 1.165) is 18.1 Å². The molecule has 2 N–H and O–H groups in total. The molecular weight excluding hydrogens is 476 g/mol. The highest BCUT2D eigenvalue weighted by Gasteiger charge is 2.36. The molecule has 182 valence electrons. The van der Waals surface area contributed by atoms with Gasteiger partial charge in [0, 0.05) is 43.9 Å². The molecule has 0 aliphatic carbocycles. The highest BCUT2D eigenvalue weighted by atomic mass is 35.5. The Balaban J connectivity index is 1.41. The molecule has 1 unspecified atom stereocenters. The molecule has 0 bridgehead atoms. The molecule has 1 fully saturated rings. The third kappa shape index (κ3) is 5.47. The van der Waals surface area contributed by atoms with Crippen LogP contribution in [0.3, 0.4) is 0 Å². The van der Waals surface area contributed by atoms with E-state index in [1.165, 1.54) is 23.2 Å². The summed E-state index contributed by atoms with van der Waals surface area (Å²) >= 11 is 5.77. The van der Waals surface area contributed by atoms with Crippen molar-refractivity contribution in [2.45, 2.75) is 38.0 Å². The number of urea groups is 1. The molecule has 0 spiro atoms. The van der Waals surface area contributed by atoms with Crippen LogP contribution in [0.1, 0.15) is 29.7 Å². The second-order valence-electron chi connectivity index (χ2n) is 8.41. The van der Waals surface area contributed by atoms with Crippen molar-refractivity contribution in [2.24, 2.45) is 10.9 Å². The molecule has 2 aliphatic heterocycles. The third-order valence-corrected chi connectivity index (χ3v) is 6.37. The maximum Gasteiger partial charge on any atom is 0.408 e. The van der Waals surface area contributed by atoms with Crippen molar-refractivity contribution in [1.29, 1.82) is 0 Å². The second kappa shape index (κ2) is 9.83. The molecule has 4 rings (SSSR count). The van der Waals surface area contributed by atoms with Crippen molar-refractivity contribution in [3.8, 4) is 0 Å². The highest BCUT2D eigenvalue weighted by Crippen LogP contribution is 2.29. The lowest BCUT2D eigenvalue weighted by Gasteiger charge is -2.27. The summed E-state index contributed by atoms with van der Waals surface area (Å²) in [5.41, 5.74) is 2.04. The Labute approximate surface area is 198 Å². The third-order valence-electron chi connectivity index (χ3n) is 6.06. The van der Waals surface area contributed by atoms with Gasteiger partial charge >= 0.3 is 12.2 Å². The van der Waals surface area contributed by atoms with Crippen molar-refractivity contribution in [3.05, 3.63) is 52.1 Å². The molecule has 0 radical (unpaired) electrons. The summed E-state index contributed by atoms with van der Waals surface area (Å²) in [4.78, 5) is 26.5. The monoisotopic (exact) mass is 498 g/mol. The largest absolute Gasteiger partial charge is 0.408 e. The number of fused-ring (bicyclic) bond motifs is 1. The number of alkyl halides is 3. The zero-order chi connectivity index (χ0) is 24.5. The first-order valence-electron chi connectivity index (χ1n) is 10.8. The van der Waals surface area contributed by atoms with Crippen LogP contribution in [0.4, 0.5) is 28.3 Å². The fourth-order valence-corrected chi connectivity index (χ4v) is 4.13. The Morgan fingerprint density at radius 1 is 1.38 bits per heavy atom. The summed E-state index contributed by atoms with van der Waals surface area (Å²) in [6.07, 6.45) is -0.893. The zero-order valence-electron chi connectivity index (χ0n) is 18.2. The van der Waals surface area contributed by atoms with Crippen LogP contribution in [0.5, 0.6) is 0 Å². The number of aliphatic imine (C=N–C) groups is 1. The summed E-state index contributed by atoms with van der Waals surface area (Å²) in [6.45, 7) is 2.71. The van der Waals surface area contributed by atoms with Gasteiger partial charge in [-0.25, -0.2) is 24.1 Å². The van der Waals surface area contributed by atoms with Crippen LogP contribution >= 0.6 is 11.6 Å². The quantitative estimate of drug-likeness (QED) is 0.488. The van der Waals surface area contributed by atoms with Crippen LogP contribution in [0, 0.1) is 11.7 Å². The van der Waals surface area contributed by atoms with E-state index in [2.05, 4.69) is 25.6 Å². The summed E-state index contributed by atoms with van der Waals surface area (Å²) in [7, 11) is 0. The van der Waals surface area contributed by atoms with Crippen LogP contribution in [0.15, 0.2) is 29.4 Å². The molecule has 2 amide bonds. The second-order valence-corrected chi connectivity index (χ2v) is 8.81. The predicted molar refractivity (Wildman–Crippen MR) is 120 cm³/mol. The topological polar surface area (TPSA) is 82.5 Å². The number of carbonyl (C=O) groups excluding carboxylic acids is 1. The first kappa shape index (κ1) is 24.3. The predicted octanol–water partition coefficient (Wildman–Crippen LogP) is 4.18. The average Bonchev–Trinajstić information content (AvgIpc) is 3.26. The lowest BCUT2D eigenvalue weighted by molar-refractivity contribution is -0.138. The van der Waals surface area contributed by atoms with E-state index >= 15 is 0 Å². The molecule has 1 saturated heterocycles. The fraction of sp³-hybridized carbons (Fsp3) is 0.455. The first-order valence-corrected chi connectivity index (χ1v) is 11.2. The van der Waals surface area contributed by atoms with Crippen LogP contribution < -0.4 is 10.6 Å². The number of carbonyl (C=O) groups is 1. The Morgan fingerprint density at radius 2 is 2.18 bits per heavy atom. The van der Waals surface area contributed by atoms with E-state index in [4.69, 9.17) is 11.6 Å². The molecule has 7 nitrogen and oxygen atoms in total. The Bertz CT molecular complexity index is 1100. The van der Waals surface area contributed by atoms with Crippen LogP contribution in [0.2, 0.25) is 5.02 Å². The minimum atomic E-state index is -4.43. The lowest BCUT2D eigenvalue weighted by Crippen LogP contribution is -2.36. The van der Waals surface area contributed by atoms with E-state index in [-0.39, 0.29) is 29.4 Å². The van der Waals surface area contributed by atoms with Gasteiger partial charge in [0.2, 0.25) is 5.95 Å². The molecule has 1 aromatic carbocycles. The van der Waals surface area contributed by atoms with Gasteiger partial charge in [0.15, 0.2) is 0 Å². The first-order chi connectivity index (χ1) is 16.1. The summed E-state index contributed by atoms with van der Waals surface area (Å²) < 4.78 is 52.3. The standard InChI is InChI=1S/C22H23ClF4N6O/c1-12(22(25,26)27)31-20-29-8-14-4-5-33(11-19(14)32-20)21(34)30-9-15-7-28-10-16(15)13-2-3-17(23)18(24)6-13/h2-3,6,8-9,12,15-16,28H,4-5,7,10-11H2,1H3,(H,29,31,32)/t12-,15?,16+/m1/s1. The van der Waals surface area contributed by atoms with E-state index in [1.54, 1.807) is 12.3 Å². The van der Waals surface area contributed by atoms with Gasteiger partial charge in [-0.3, -0.25) is 0 Å². The highest BCUT2D eigenvalue weighted by molar-refractivity contribution is 6.30. The number of amides is 2. The minimum absolute atomic E-state index is 0.0514. The van der Waals surface area contributed by atoms with Gasteiger partial charge in [0.1, 0.15) is 11.9 Å². The molecule has 12 heteroatoms.